The van der Waals surface area contributed by atoms with Crippen LogP contribution in [0.4, 0.5) is 10.5 Å². The summed E-state index contributed by atoms with van der Waals surface area (Å²) in [6.07, 6.45) is 0.588. The summed E-state index contributed by atoms with van der Waals surface area (Å²) in [7, 11) is 1.60. The van der Waals surface area contributed by atoms with Gasteiger partial charge in [-0.3, -0.25) is 4.79 Å². The Bertz CT molecular complexity index is 459. The lowest BCUT2D eigenvalue weighted by molar-refractivity contribution is -0.136. The van der Waals surface area contributed by atoms with Gasteiger partial charge in [0.15, 0.2) is 0 Å². The minimum absolute atomic E-state index is 0.104. The first-order valence-corrected chi connectivity index (χ1v) is 6.92. The maximum Gasteiger partial charge on any atom is 0.321 e. The van der Waals surface area contributed by atoms with Crippen LogP contribution >= 0.6 is 0 Å². The van der Waals surface area contributed by atoms with Crippen molar-refractivity contribution in [3.8, 4) is 0 Å². The van der Waals surface area contributed by atoms with E-state index in [0.717, 1.165) is 5.56 Å². The highest BCUT2D eigenvalue weighted by molar-refractivity contribution is 5.89. The number of carbonyl (C=O) groups is 2. The molecule has 0 saturated heterocycles. The van der Waals surface area contributed by atoms with Crippen LogP contribution in [0, 0.1) is 0 Å². The second kappa shape index (κ2) is 8.97. The molecule has 0 aliphatic rings. The number of urea groups is 1. The summed E-state index contributed by atoms with van der Waals surface area (Å²) < 4.78 is 4.97. The topological polar surface area (TPSA) is 78.9 Å². The van der Waals surface area contributed by atoms with Gasteiger partial charge < -0.3 is 20.1 Å². The lowest BCUT2D eigenvalue weighted by Crippen LogP contribution is -2.37. The molecule has 21 heavy (non-hydrogen) atoms. The molecule has 6 nitrogen and oxygen atoms in total. The van der Waals surface area contributed by atoms with Crippen molar-refractivity contribution < 1.29 is 19.4 Å². The number of hydrogen-bond acceptors (Lipinski definition) is 3. The van der Waals surface area contributed by atoms with E-state index >= 15 is 0 Å². The van der Waals surface area contributed by atoms with Gasteiger partial charge in [0.05, 0.1) is 6.61 Å². The van der Waals surface area contributed by atoms with E-state index in [9.17, 15) is 9.59 Å². The van der Waals surface area contributed by atoms with Crippen molar-refractivity contribution in [2.75, 3.05) is 32.1 Å². The Morgan fingerprint density at radius 3 is 2.48 bits per heavy atom. The van der Waals surface area contributed by atoms with E-state index in [1.54, 1.807) is 24.1 Å². The molecule has 0 aliphatic carbocycles. The molecule has 1 aromatic carbocycles. The molecule has 0 bridgehead atoms. The first kappa shape index (κ1) is 17.0. The zero-order valence-corrected chi connectivity index (χ0v) is 12.5. The highest BCUT2D eigenvalue weighted by Gasteiger charge is 2.11. The van der Waals surface area contributed by atoms with Crippen LogP contribution in [0.2, 0.25) is 0 Å². The number of benzene rings is 1. The molecule has 0 aromatic heterocycles. The second-order valence-electron chi connectivity index (χ2n) is 4.59. The standard InChI is InChI=1S/C15H22N2O4/c1-3-17(10-11-21-2)15(20)16-13-7-4-12(5-8-13)6-9-14(18)19/h4-5,7-8H,3,6,9-11H2,1-2H3,(H,16,20)(H,18,19). The summed E-state index contributed by atoms with van der Waals surface area (Å²) in [6.45, 7) is 3.54. The molecule has 0 spiro atoms. The average molecular weight is 294 g/mol. The molecule has 116 valence electrons. The number of hydrogen-bond donors (Lipinski definition) is 2. The van der Waals surface area contributed by atoms with Crippen LogP contribution in [0.3, 0.4) is 0 Å². The number of amides is 2. The van der Waals surface area contributed by atoms with Crippen LogP contribution in [-0.4, -0.2) is 48.8 Å². The number of ether oxygens (including phenoxy) is 1. The van der Waals surface area contributed by atoms with E-state index in [-0.39, 0.29) is 12.5 Å². The highest BCUT2D eigenvalue weighted by atomic mass is 16.5. The molecule has 2 amide bonds. The van der Waals surface area contributed by atoms with Crippen molar-refractivity contribution >= 4 is 17.7 Å². The fraction of sp³-hybridized carbons (Fsp3) is 0.467. The summed E-state index contributed by atoms with van der Waals surface area (Å²) in [5, 5.41) is 11.4. The van der Waals surface area contributed by atoms with Crippen molar-refractivity contribution in [2.24, 2.45) is 0 Å². The van der Waals surface area contributed by atoms with Crippen molar-refractivity contribution in [3.05, 3.63) is 29.8 Å². The molecule has 0 radical (unpaired) electrons. The van der Waals surface area contributed by atoms with Gasteiger partial charge in [-0.15, -0.1) is 0 Å². The number of carbonyl (C=O) groups excluding carboxylic acids is 1. The summed E-state index contributed by atoms with van der Waals surface area (Å²) in [6, 6.07) is 7.03. The Morgan fingerprint density at radius 2 is 1.95 bits per heavy atom. The molecule has 0 saturated carbocycles. The van der Waals surface area contributed by atoms with Gasteiger partial charge in [0.25, 0.3) is 0 Å². The third-order valence-electron chi connectivity index (χ3n) is 3.07. The Morgan fingerprint density at radius 1 is 1.29 bits per heavy atom. The zero-order chi connectivity index (χ0) is 15.7. The molecule has 0 atom stereocenters. The zero-order valence-electron chi connectivity index (χ0n) is 12.5. The number of likely N-dealkylation sites (N-methyl/N-ethyl adjacent to an activating group) is 1. The van der Waals surface area contributed by atoms with E-state index in [1.807, 2.05) is 19.1 Å². The normalized spacial score (nSPS) is 10.2. The predicted octanol–water partition coefficient (Wildman–Crippen LogP) is 2.20. The maximum atomic E-state index is 12.0. The van der Waals surface area contributed by atoms with Gasteiger partial charge >= 0.3 is 12.0 Å². The summed E-state index contributed by atoms with van der Waals surface area (Å²) >= 11 is 0. The number of nitrogens with one attached hydrogen (secondary N) is 1. The van der Waals surface area contributed by atoms with Crippen molar-refractivity contribution in [3.63, 3.8) is 0 Å². The van der Waals surface area contributed by atoms with Gasteiger partial charge in [-0.2, -0.15) is 0 Å². The molecule has 0 unspecified atom stereocenters. The quantitative estimate of drug-likeness (QED) is 0.770. The molecule has 0 aliphatic heterocycles. The third kappa shape index (κ3) is 6.27. The predicted molar refractivity (Wildman–Crippen MR) is 80.5 cm³/mol. The molecule has 6 heteroatoms. The van der Waals surface area contributed by atoms with Crippen molar-refractivity contribution in [2.45, 2.75) is 19.8 Å². The number of methoxy groups -OCH3 is 1. The number of carboxylic acids is 1. The SMILES string of the molecule is CCN(CCOC)C(=O)Nc1ccc(CCC(=O)O)cc1. The summed E-state index contributed by atoms with van der Waals surface area (Å²) in [5.41, 5.74) is 1.62. The summed E-state index contributed by atoms with van der Waals surface area (Å²) in [5.74, 6) is -0.816. The molecule has 0 heterocycles. The third-order valence-corrected chi connectivity index (χ3v) is 3.07. The molecule has 2 N–H and O–H groups in total. The second-order valence-corrected chi connectivity index (χ2v) is 4.59. The van der Waals surface area contributed by atoms with Crippen LogP contribution in [0.5, 0.6) is 0 Å². The molecular formula is C15H22N2O4. The average Bonchev–Trinajstić information content (AvgIpc) is 2.47. The fourth-order valence-electron chi connectivity index (χ4n) is 1.81. The fourth-order valence-corrected chi connectivity index (χ4v) is 1.81. The van der Waals surface area contributed by atoms with Gasteiger partial charge in [0, 0.05) is 32.3 Å². The van der Waals surface area contributed by atoms with Gasteiger partial charge in [-0.1, -0.05) is 12.1 Å². The summed E-state index contributed by atoms with van der Waals surface area (Å²) in [4.78, 5) is 24.2. The minimum Gasteiger partial charge on any atom is -0.481 e. The maximum absolute atomic E-state index is 12.0. The van der Waals surface area contributed by atoms with E-state index in [4.69, 9.17) is 9.84 Å². The first-order chi connectivity index (χ1) is 10.1. The number of anilines is 1. The lowest BCUT2D eigenvalue weighted by Gasteiger charge is -2.21. The van der Waals surface area contributed by atoms with Crippen molar-refractivity contribution in [1.82, 2.24) is 4.90 Å². The van der Waals surface area contributed by atoms with Gasteiger partial charge in [-0.05, 0) is 31.0 Å². The smallest absolute Gasteiger partial charge is 0.321 e. The number of aliphatic carboxylic acids is 1. The first-order valence-electron chi connectivity index (χ1n) is 6.92. The monoisotopic (exact) mass is 294 g/mol. The highest BCUT2D eigenvalue weighted by Crippen LogP contribution is 2.12. The number of carboxylic acid groups (broad SMARTS) is 1. The van der Waals surface area contributed by atoms with E-state index in [0.29, 0.717) is 31.8 Å². The van der Waals surface area contributed by atoms with Crippen LogP contribution in [0.15, 0.2) is 24.3 Å². The largest absolute Gasteiger partial charge is 0.481 e. The lowest BCUT2D eigenvalue weighted by atomic mass is 10.1. The molecule has 1 aromatic rings. The molecule has 0 fully saturated rings. The minimum atomic E-state index is -0.816. The Hall–Kier alpha value is -2.08. The van der Waals surface area contributed by atoms with E-state index in [1.165, 1.54) is 0 Å². The van der Waals surface area contributed by atoms with E-state index < -0.39 is 5.97 Å². The van der Waals surface area contributed by atoms with Gasteiger partial charge in [0.2, 0.25) is 0 Å². The van der Waals surface area contributed by atoms with Crippen LogP contribution in [-0.2, 0) is 16.0 Å². The molecular weight excluding hydrogens is 272 g/mol. The van der Waals surface area contributed by atoms with Crippen molar-refractivity contribution in [1.29, 1.82) is 0 Å². The Kier molecular flexibility index (Phi) is 7.25. The Labute approximate surface area is 124 Å². The van der Waals surface area contributed by atoms with Gasteiger partial charge in [-0.25, -0.2) is 4.79 Å². The van der Waals surface area contributed by atoms with E-state index in [2.05, 4.69) is 5.32 Å². The molecule has 1 rings (SSSR count). The number of nitrogens with zero attached hydrogens (tertiary/aromatic N) is 1. The van der Waals surface area contributed by atoms with Crippen LogP contribution < -0.4 is 5.32 Å². The van der Waals surface area contributed by atoms with Gasteiger partial charge in [0.1, 0.15) is 0 Å². The van der Waals surface area contributed by atoms with Crippen LogP contribution in [0.25, 0.3) is 0 Å². The number of rotatable bonds is 8. The van der Waals surface area contributed by atoms with Crippen LogP contribution in [0.1, 0.15) is 18.9 Å². The number of aryl methyl sites for hydroxylation is 1. The Balaban J connectivity index is 2.53.